The van der Waals surface area contributed by atoms with Gasteiger partial charge >= 0.3 is 10.3 Å². The van der Waals surface area contributed by atoms with Crippen LogP contribution < -0.4 is 0 Å². The molecule has 1 fully saturated rings. The second-order valence-electron chi connectivity index (χ2n) is 2.71. The van der Waals surface area contributed by atoms with E-state index in [0.29, 0.717) is 13.1 Å². The fourth-order valence-electron chi connectivity index (χ4n) is 1.18. The van der Waals surface area contributed by atoms with Crippen LogP contribution in [0.15, 0.2) is 12.5 Å². The number of aliphatic hydroxyl groups excluding tert-OH is 1. The van der Waals surface area contributed by atoms with Crippen LogP contribution in [0.25, 0.3) is 0 Å². The molecule has 1 aliphatic rings. The van der Waals surface area contributed by atoms with Crippen molar-refractivity contribution < 1.29 is 18.1 Å². The Morgan fingerprint density at radius 2 is 1.69 bits per heavy atom. The average Bonchev–Trinajstić information content (AvgIpc) is 2.04. The normalized spacial score (nSPS) is 21.2. The minimum absolute atomic E-state index is 0.239. The van der Waals surface area contributed by atoms with Crippen molar-refractivity contribution in [2.75, 3.05) is 26.2 Å². The molecule has 1 saturated heterocycles. The maximum absolute atomic E-state index is 10.6. The van der Waals surface area contributed by atoms with Crippen LogP contribution in [0.2, 0.25) is 0 Å². The fraction of sp³-hybridized carbons (Fsp3) is 0.667. The zero-order chi connectivity index (χ0) is 9.90. The smallest absolute Gasteiger partial charge is 0.336 e. The molecule has 1 heterocycles. The van der Waals surface area contributed by atoms with Crippen LogP contribution in [-0.4, -0.2) is 53.5 Å². The van der Waals surface area contributed by atoms with E-state index < -0.39 is 10.3 Å². The van der Waals surface area contributed by atoms with E-state index in [-0.39, 0.29) is 13.1 Å². The minimum atomic E-state index is -4.04. The summed E-state index contributed by atoms with van der Waals surface area (Å²) in [5.74, 6) is 0. The number of nitrogens with zero attached hydrogens (tertiary/aromatic N) is 2. The highest BCUT2D eigenvalue weighted by atomic mass is 32.2. The number of hydrogen-bond donors (Lipinski definition) is 2. The summed E-state index contributed by atoms with van der Waals surface area (Å²) in [5, 5.41) is 8.44. The molecule has 6 nitrogen and oxygen atoms in total. The van der Waals surface area contributed by atoms with Crippen molar-refractivity contribution in [3.63, 3.8) is 0 Å². The summed E-state index contributed by atoms with van der Waals surface area (Å²) < 4.78 is 31.0. The Balaban J connectivity index is 2.48. The fourth-order valence-corrected chi connectivity index (χ4v) is 1.80. The van der Waals surface area contributed by atoms with Gasteiger partial charge in [-0.2, -0.15) is 12.7 Å². The first kappa shape index (κ1) is 10.3. The molecule has 76 valence electrons. The van der Waals surface area contributed by atoms with E-state index in [9.17, 15) is 8.42 Å². The minimum Gasteiger partial charge on any atom is -0.514 e. The lowest BCUT2D eigenvalue weighted by Crippen LogP contribution is -2.46. The lowest BCUT2D eigenvalue weighted by molar-refractivity contribution is 0.226. The van der Waals surface area contributed by atoms with Crippen LogP contribution in [0.5, 0.6) is 0 Å². The first-order valence-corrected chi connectivity index (χ1v) is 5.21. The van der Waals surface area contributed by atoms with Crippen LogP contribution >= 0.6 is 0 Å². The van der Waals surface area contributed by atoms with Gasteiger partial charge in [0.2, 0.25) is 0 Å². The third kappa shape index (κ3) is 2.87. The number of hydrogen-bond acceptors (Lipinski definition) is 4. The lowest BCUT2D eigenvalue weighted by Gasteiger charge is -2.31. The van der Waals surface area contributed by atoms with E-state index in [1.807, 2.05) is 0 Å². The molecule has 0 unspecified atom stereocenters. The maximum atomic E-state index is 10.6. The van der Waals surface area contributed by atoms with Crippen LogP contribution in [-0.2, 0) is 10.3 Å². The van der Waals surface area contributed by atoms with Crippen molar-refractivity contribution in [2.24, 2.45) is 0 Å². The first-order chi connectivity index (χ1) is 6.04. The monoisotopic (exact) mass is 208 g/mol. The van der Waals surface area contributed by atoms with E-state index in [2.05, 4.69) is 0 Å². The molecule has 0 saturated carbocycles. The van der Waals surface area contributed by atoms with E-state index in [1.54, 1.807) is 4.90 Å². The van der Waals surface area contributed by atoms with Crippen molar-refractivity contribution in [3.05, 3.63) is 12.5 Å². The highest BCUT2D eigenvalue weighted by Crippen LogP contribution is 2.05. The molecule has 0 radical (unpaired) electrons. The summed E-state index contributed by atoms with van der Waals surface area (Å²) in [6.07, 6.45) is 2.38. The quantitative estimate of drug-likeness (QED) is 0.469. The molecule has 0 atom stereocenters. The largest absolute Gasteiger partial charge is 0.514 e. The summed E-state index contributed by atoms with van der Waals surface area (Å²) in [7, 11) is -4.04. The van der Waals surface area contributed by atoms with Crippen LogP contribution in [0.4, 0.5) is 0 Å². The molecule has 0 spiro atoms. The zero-order valence-electron chi connectivity index (χ0n) is 7.00. The molecular formula is C6H12N2O4S. The van der Waals surface area contributed by atoms with Gasteiger partial charge in [-0.05, 0) is 0 Å². The molecule has 0 amide bonds. The average molecular weight is 208 g/mol. The van der Waals surface area contributed by atoms with Crippen LogP contribution in [0.3, 0.4) is 0 Å². The van der Waals surface area contributed by atoms with Gasteiger partial charge in [0.05, 0.1) is 6.26 Å². The second-order valence-corrected chi connectivity index (χ2v) is 4.12. The van der Waals surface area contributed by atoms with Crippen LogP contribution in [0, 0.1) is 0 Å². The predicted molar refractivity (Wildman–Crippen MR) is 46.5 cm³/mol. The third-order valence-corrected chi connectivity index (χ3v) is 2.89. The van der Waals surface area contributed by atoms with Gasteiger partial charge in [-0.15, -0.1) is 0 Å². The SMILES string of the molecule is O=S(=O)(O)N1CCN(C=CO)CC1. The van der Waals surface area contributed by atoms with Crippen molar-refractivity contribution in [1.82, 2.24) is 9.21 Å². The Morgan fingerprint density at radius 1 is 1.15 bits per heavy atom. The summed E-state index contributed by atoms with van der Waals surface area (Å²) >= 11 is 0. The molecule has 1 rings (SSSR count). The summed E-state index contributed by atoms with van der Waals surface area (Å²) in [6, 6.07) is 0. The topological polar surface area (TPSA) is 81.1 Å². The molecule has 1 aliphatic heterocycles. The third-order valence-electron chi connectivity index (χ3n) is 1.88. The van der Waals surface area contributed by atoms with E-state index >= 15 is 0 Å². The maximum Gasteiger partial charge on any atom is 0.336 e. The van der Waals surface area contributed by atoms with Crippen molar-refractivity contribution in [2.45, 2.75) is 0 Å². The van der Waals surface area contributed by atoms with Crippen molar-refractivity contribution in [1.29, 1.82) is 0 Å². The molecule has 13 heavy (non-hydrogen) atoms. The van der Waals surface area contributed by atoms with E-state index in [1.165, 1.54) is 6.20 Å². The van der Waals surface area contributed by atoms with Gasteiger partial charge in [0.25, 0.3) is 0 Å². The van der Waals surface area contributed by atoms with Gasteiger partial charge in [0.1, 0.15) is 0 Å². The molecule has 7 heteroatoms. The molecule has 0 aromatic rings. The Bertz CT molecular complexity index is 279. The Hall–Kier alpha value is -0.790. The highest BCUT2D eigenvalue weighted by molar-refractivity contribution is 7.83. The van der Waals surface area contributed by atoms with Crippen LogP contribution in [0.1, 0.15) is 0 Å². The van der Waals surface area contributed by atoms with Gasteiger partial charge < -0.3 is 10.0 Å². The zero-order valence-corrected chi connectivity index (χ0v) is 7.81. The number of aliphatic hydroxyl groups is 1. The predicted octanol–water partition coefficient (Wildman–Crippen LogP) is -0.564. The van der Waals surface area contributed by atoms with E-state index in [0.717, 1.165) is 10.6 Å². The first-order valence-electron chi connectivity index (χ1n) is 3.81. The highest BCUT2D eigenvalue weighted by Gasteiger charge is 2.23. The molecule has 0 aromatic heterocycles. The lowest BCUT2D eigenvalue weighted by atomic mass is 10.4. The van der Waals surface area contributed by atoms with Gasteiger partial charge in [0, 0.05) is 32.4 Å². The molecule has 0 aliphatic carbocycles. The molecule has 0 aromatic carbocycles. The molecule has 2 N–H and O–H groups in total. The Kier molecular flexibility index (Phi) is 3.12. The van der Waals surface area contributed by atoms with Crippen molar-refractivity contribution in [3.8, 4) is 0 Å². The summed E-state index contributed by atoms with van der Waals surface area (Å²) in [4.78, 5) is 1.77. The number of rotatable bonds is 2. The van der Waals surface area contributed by atoms with Gasteiger partial charge in [-0.3, -0.25) is 4.55 Å². The van der Waals surface area contributed by atoms with Crippen molar-refractivity contribution >= 4 is 10.3 Å². The molecule has 0 bridgehead atoms. The Labute approximate surface area is 76.9 Å². The van der Waals surface area contributed by atoms with Gasteiger partial charge in [-0.1, -0.05) is 0 Å². The standard InChI is InChI=1S/C6H12N2O4S/c9-6-5-7-1-3-8(4-2-7)13(10,11)12/h5-6,9H,1-4H2,(H,10,11,12). The summed E-state index contributed by atoms with van der Waals surface area (Å²) in [6.45, 7) is 1.42. The number of piperazine rings is 1. The van der Waals surface area contributed by atoms with Gasteiger partial charge in [0.15, 0.2) is 0 Å². The molecular weight excluding hydrogens is 196 g/mol. The summed E-state index contributed by atoms with van der Waals surface area (Å²) in [5.41, 5.74) is 0. The van der Waals surface area contributed by atoms with Gasteiger partial charge in [-0.25, -0.2) is 0 Å². The second kappa shape index (κ2) is 3.95. The Morgan fingerprint density at radius 3 is 2.08 bits per heavy atom. The van der Waals surface area contributed by atoms with E-state index in [4.69, 9.17) is 9.66 Å².